The number of aliphatic hydroxyl groups is 5. The number of carbonyl (C=O) groups excluding carboxylic acids is 1. The zero-order chi connectivity index (χ0) is 50.3. The second kappa shape index (κ2) is 41.6. The van der Waals surface area contributed by atoms with Crippen LogP contribution in [0.4, 0.5) is 0 Å². The first-order valence-corrected chi connectivity index (χ1v) is 30.3. The van der Waals surface area contributed by atoms with Crippen molar-refractivity contribution in [1.29, 1.82) is 0 Å². The van der Waals surface area contributed by atoms with Gasteiger partial charge in [-0.1, -0.05) is 262 Å². The van der Waals surface area contributed by atoms with E-state index in [2.05, 4.69) is 25.2 Å². The Morgan fingerprint density at radius 3 is 1.46 bits per heavy atom. The Morgan fingerprint density at radius 1 is 0.557 bits per heavy atom. The lowest BCUT2D eigenvalue weighted by Crippen LogP contribution is -2.60. The summed E-state index contributed by atoms with van der Waals surface area (Å²) in [6.07, 6.45) is 36.4. The third-order valence-corrected chi connectivity index (χ3v) is 15.8. The molecule has 1 aliphatic heterocycles. The second-order valence-electron chi connectivity index (χ2n) is 21.1. The van der Waals surface area contributed by atoms with E-state index < -0.39 is 49.0 Å². The van der Waals surface area contributed by atoms with E-state index in [9.17, 15) is 30.3 Å². The van der Waals surface area contributed by atoms with Gasteiger partial charge in [0.1, 0.15) is 24.4 Å². The Labute approximate surface area is 431 Å². The van der Waals surface area contributed by atoms with Crippen molar-refractivity contribution in [2.75, 3.05) is 12.4 Å². The number of hydrogen-bond donors (Lipinski definition) is 6. The van der Waals surface area contributed by atoms with E-state index in [0.717, 1.165) is 54.2 Å². The van der Waals surface area contributed by atoms with Crippen LogP contribution >= 0.6 is 11.8 Å². The molecule has 0 bridgehead atoms. The van der Waals surface area contributed by atoms with Crippen molar-refractivity contribution in [3.8, 4) is 0 Å². The second-order valence-corrected chi connectivity index (χ2v) is 22.2. The number of amides is 1. The Morgan fingerprint density at radius 2 is 0.986 bits per heavy atom. The Kier molecular flexibility index (Phi) is 37.1. The van der Waals surface area contributed by atoms with E-state index in [1.807, 2.05) is 36.4 Å². The zero-order valence-electron chi connectivity index (χ0n) is 44.6. The van der Waals surface area contributed by atoms with Crippen LogP contribution in [0.3, 0.4) is 0 Å². The topological polar surface area (TPSA) is 149 Å². The monoisotopic (exact) mass is 1000 g/mol. The number of ether oxygens (including phenoxy) is 2. The maximum atomic E-state index is 13.3. The number of thioether (sulfide) groups is 1. The Balaban J connectivity index is 1.35. The van der Waals surface area contributed by atoms with Crippen LogP contribution in [-0.4, -0.2) is 92.8 Å². The summed E-state index contributed by atoms with van der Waals surface area (Å²) in [5.74, 6) is 0.0717. The van der Waals surface area contributed by atoms with Gasteiger partial charge in [0.25, 0.3) is 0 Å². The number of nitrogens with one attached hydrogen (secondary N) is 1. The summed E-state index contributed by atoms with van der Waals surface area (Å²) in [5, 5.41) is 60.4. The molecule has 9 nitrogen and oxygen atoms in total. The van der Waals surface area contributed by atoms with Crippen molar-refractivity contribution in [2.24, 2.45) is 0 Å². The van der Waals surface area contributed by atoms with Crippen molar-refractivity contribution < 1.29 is 39.8 Å². The minimum Gasteiger partial charge on any atom is -0.390 e. The molecule has 404 valence electrons. The molecule has 10 heteroatoms. The minimum absolute atomic E-state index is 0.223. The molecule has 8 atom stereocenters. The number of rotatable bonds is 46. The average Bonchev–Trinajstić information content (AvgIpc) is 3.37. The van der Waals surface area contributed by atoms with Gasteiger partial charge in [-0.05, 0) is 35.7 Å². The van der Waals surface area contributed by atoms with E-state index in [4.69, 9.17) is 9.47 Å². The molecule has 3 rings (SSSR count). The Bertz CT molecular complexity index is 1530. The summed E-state index contributed by atoms with van der Waals surface area (Å²) < 4.78 is 12.1. The molecule has 2 aromatic rings. The maximum Gasteiger partial charge on any atom is 0.220 e. The van der Waals surface area contributed by atoms with Gasteiger partial charge in [0.05, 0.1) is 24.9 Å². The van der Waals surface area contributed by atoms with E-state index in [-0.39, 0.29) is 12.5 Å². The van der Waals surface area contributed by atoms with Crippen LogP contribution in [0, 0.1) is 0 Å². The predicted octanol–water partition coefficient (Wildman–Crippen LogP) is 14.4. The number of unbranched alkanes of at least 4 members (excludes halogenated alkanes) is 33. The summed E-state index contributed by atoms with van der Waals surface area (Å²) in [6.45, 7) is 4.28. The van der Waals surface area contributed by atoms with Gasteiger partial charge in [-0.15, -0.1) is 11.8 Å². The van der Waals surface area contributed by atoms with E-state index in [1.54, 1.807) is 0 Å². The maximum absolute atomic E-state index is 13.3. The molecule has 6 N–H and O–H groups in total. The standard InChI is InChI=1S/C60H105NO8S/c1-3-5-7-9-11-13-15-17-18-19-20-21-22-23-24-25-26-27-29-31-33-35-37-43-55(63)61-52(56(64)53(62)42-36-34-32-30-28-16-14-12-10-8-6-4-2)47-68-60-59(67)58(66)57(65)54(69-60)48-70-51-45-44-49-40-38-39-41-50(49)46-51/h38-41,44-46,52-54,56-60,62,64-67H,3-37,42-43,47-48H2,1-2H3,(H,61,63)/t52-,53+,54?,56?,57-,58-,59?,60-/m0/s1. The number of benzene rings is 2. The SMILES string of the molecule is CCCCCCCCCCCCCCCCCCCCCCCCCC(=O)N[C@@H](CO[C@H]1OC(CSc2ccc3ccccc3c2)[C@H](O)[C@H](O)C1O)C(O)[C@H](O)CCCCCCCCCCCCCC. The highest BCUT2D eigenvalue weighted by molar-refractivity contribution is 7.99. The summed E-state index contributed by atoms with van der Waals surface area (Å²) in [4.78, 5) is 14.3. The molecule has 3 unspecified atom stereocenters. The van der Waals surface area contributed by atoms with Gasteiger partial charge in [-0.3, -0.25) is 4.79 Å². The molecule has 0 radical (unpaired) electrons. The highest BCUT2D eigenvalue weighted by Gasteiger charge is 2.45. The van der Waals surface area contributed by atoms with Gasteiger partial charge >= 0.3 is 0 Å². The predicted molar refractivity (Wildman–Crippen MR) is 293 cm³/mol. The van der Waals surface area contributed by atoms with Crippen LogP contribution in [0.5, 0.6) is 0 Å². The molecule has 0 saturated carbocycles. The van der Waals surface area contributed by atoms with E-state index >= 15 is 0 Å². The van der Waals surface area contributed by atoms with Crippen molar-refractivity contribution >= 4 is 28.4 Å². The van der Waals surface area contributed by atoms with Gasteiger partial charge in [-0.2, -0.15) is 0 Å². The molecule has 1 fully saturated rings. The summed E-state index contributed by atoms with van der Waals surface area (Å²) >= 11 is 1.47. The van der Waals surface area contributed by atoms with Crippen LogP contribution in [-0.2, 0) is 14.3 Å². The third kappa shape index (κ3) is 28.6. The van der Waals surface area contributed by atoms with Gasteiger partial charge < -0.3 is 40.3 Å². The first-order valence-electron chi connectivity index (χ1n) is 29.3. The molecule has 1 heterocycles. The van der Waals surface area contributed by atoms with Crippen LogP contribution in [0.1, 0.15) is 251 Å². The lowest BCUT2D eigenvalue weighted by Gasteiger charge is -2.41. The third-order valence-electron chi connectivity index (χ3n) is 14.8. The fraction of sp³-hybridized carbons (Fsp3) is 0.817. The summed E-state index contributed by atoms with van der Waals surface area (Å²) in [5.41, 5.74) is 0. The fourth-order valence-corrected chi connectivity index (χ4v) is 11.0. The first kappa shape index (κ1) is 62.5. The molecule has 1 saturated heterocycles. The molecule has 1 aliphatic rings. The van der Waals surface area contributed by atoms with E-state index in [1.165, 1.54) is 198 Å². The summed E-state index contributed by atoms with van der Waals surface area (Å²) in [7, 11) is 0. The van der Waals surface area contributed by atoms with Crippen LogP contribution in [0.25, 0.3) is 10.8 Å². The molecular weight excluding hydrogens is 895 g/mol. The van der Waals surface area contributed by atoms with Crippen molar-refractivity contribution in [3.05, 3.63) is 42.5 Å². The quantitative estimate of drug-likeness (QED) is 0.0282. The zero-order valence-corrected chi connectivity index (χ0v) is 45.4. The number of fused-ring (bicyclic) bond motifs is 1. The lowest BCUT2D eigenvalue weighted by atomic mass is 9.98. The largest absolute Gasteiger partial charge is 0.390 e. The van der Waals surface area contributed by atoms with Crippen LogP contribution in [0.15, 0.2) is 47.4 Å². The molecule has 0 aromatic heterocycles. The molecule has 1 amide bonds. The van der Waals surface area contributed by atoms with Crippen LogP contribution in [0.2, 0.25) is 0 Å². The molecule has 0 aliphatic carbocycles. The average molecular weight is 1000 g/mol. The molecular formula is C60H105NO8S. The van der Waals surface area contributed by atoms with Crippen molar-refractivity contribution in [3.63, 3.8) is 0 Å². The number of carbonyl (C=O) groups is 1. The van der Waals surface area contributed by atoms with Crippen molar-refractivity contribution in [1.82, 2.24) is 5.32 Å². The normalized spacial score (nSPS) is 19.7. The summed E-state index contributed by atoms with van der Waals surface area (Å²) in [6, 6.07) is 13.2. The number of aliphatic hydroxyl groups excluding tert-OH is 5. The number of hydrogen-bond acceptors (Lipinski definition) is 9. The first-order chi connectivity index (χ1) is 34.2. The van der Waals surface area contributed by atoms with Gasteiger partial charge in [-0.25, -0.2) is 0 Å². The molecule has 2 aromatic carbocycles. The van der Waals surface area contributed by atoms with E-state index in [0.29, 0.717) is 18.6 Å². The fourth-order valence-electron chi connectivity index (χ4n) is 10.0. The molecule has 0 spiro atoms. The van der Waals surface area contributed by atoms with Gasteiger partial charge in [0, 0.05) is 17.1 Å². The Hall–Kier alpha value is -1.76. The highest BCUT2D eigenvalue weighted by Crippen LogP contribution is 2.30. The van der Waals surface area contributed by atoms with Crippen molar-refractivity contribution in [2.45, 2.75) is 305 Å². The highest BCUT2D eigenvalue weighted by atomic mass is 32.2. The molecule has 70 heavy (non-hydrogen) atoms. The van der Waals surface area contributed by atoms with Gasteiger partial charge in [0.15, 0.2) is 6.29 Å². The van der Waals surface area contributed by atoms with Gasteiger partial charge in [0.2, 0.25) is 5.91 Å². The lowest BCUT2D eigenvalue weighted by molar-refractivity contribution is -0.294. The minimum atomic E-state index is -1.55. The van der Waals surface area contributed by atoms with Crippen LogP contribution < -0.4 is 5.32 Å². The smallest absolute Gasteiger partial charge is 0.220 e.